The van der Waals surface area contributed by atoms with E-state index in [1.54, 1.807) is 52.7 Å². The van der Waals surface area contributed by atoms with Gasteiger partial charge in [0.15, 0.2) is 11.5 Å². The van der Waals surface area contributed by atoms with Gasteiger partial charge in [0.05, 0.1) is 23.6 Å². The number of carbonyl (C=O) groups is 2. The molecule has 4 heterocycles. The first-order valence-corrected chi connectivity index (χ1v) is 13.4. The molecule has 202 valence electrons. The van der Waals surface area contributed by atoms with Crippen molar-refractivity contribution in [2.24, 2.45) is 0 Å². The second-order valence-corrected chi connectivity index (χ2v) is 9.64. The van der Waals surface area contributed by atoms with E-state index in [0.717, 1.165) is 11.1 Å². The average molecular weight is 536 g/mol. The molecule has 40 heavy (non-hydrogen) atoms. The maximum Gasteiger partial charge on any atom is 0.322 e. The Bertz CT molecular complexity index is 1660. The number of rotatable bonds is 6. The zero-order valence-corrected chi connectivity index (χ0v) is 22.3. The molecule has 9 nitrogen and oxygen atoms in total. The Hall–Kier alpha value is -4.92. The number of anilines is 1. The lowest BCUT2D eigenvalue weighted by Crippen LogP contribution is -2.54. The highest BCUT2D eigenvalue weighted by molar-refractivity contribution is 5.96. The highest BCUT2D eigenvalue weighted by Gasteiger charge is 2.36. The van der Waals surface area contributed by atoms with Gasteiger partial charge >= 0.3 is 6.03 Å². The summed E-state index contributed by atoms with van der Waals surface area (Å²) in [6.07, 6.45) is 3.64. The quantitative estimate of drug-likeness (QED) is 0.287. The molecule has 3 aromatic heterocycles. The number of nitrogens with one attached hydrogen (secondary N) is 1. The molecule has 0 radical (unpaired) electrons. The summed E-state index contributed by atoms with van der Waals surface area (Å²) in [5, 5.41) is 3.00. The van der Waals surface area contributed by atoms with E-state index in [9.17, 15) is 9.59 Å². The summed E-state index contributed by atoms with van der Waals surface area (Å²) in [6.45, 7) is 5.43. The molecule has 0 unspecified atom stereocenters. The van der Waals surface area contributed by atoms with Crippen molar-refractivity contribution in [1.29, 1.82) is 0 Å². The van der Waals surface area contributed by atoms with Crippen molar-refractivity contribution in [3.05, 3.63) is 90.4 Å². The van der Waals surface area contributed by atoms with Crippen molar-refractivity contribution in [3.63, 3.8) is 0 Å². The number of nitrogens with zero attached hydrogens (tertiary/aromatic N) is 4. The molecule has 0 saturated carbocycles. The van der Waals surface area contributed by atoms with Crippen LogP contribution in [0.2, 0.25) is 0 Å². The van der Waals surface area contributed by atoms with Gasteiger partial charge in [-0.2, -0.15) is 0 Å². The Morgan fingerprint density at radius 1 is 0.875 bits per heavy atom. The molecule has 0 saturated heterocycles. The molecular formula is C31H29N5O4. The second kappa shape index (κ2) is 10.7. The molecule has 3 amide bonds. The van der Waals surface area contributed by atoms with E-state index in [2.05, 4.69) is 5.32 Å². The molecule has 0 bridgehead atoms. The van der Waals surface area contributed by atoms with Gasteiger partial charge < -0.3 is 24.0 Å². The Morgan fingerprint density at radius 2 is 1.52 bits per heavy atom. The molecule has 9 heteroatoms. The number of furan rings is 2. The van der Waals surface area contributed by atoms with E-state index in [0.29, 0.717) is 65.7 Å². The summed E-state index contributed by atoms with van der Waals surface area (Å²) in [4.78, 5) is 40.2. The van der Waals surface area contributed by atoms with Crippen molar-refractivity contribution in [3.8, 4) is 22.9 Å². The van der Waals surface area contributed by atoms with Gasteiger partial charge in [0.1, 0.15) is 17.4 Å². The predicted molar refractivity (Wildman–Crippen MR) is 151 cm³/mol. The number of urea groups is 1. The minimum absolute atomic E-state index is 0.0485. The molecule has 1 atom stereocenters. The van der Waals surface area contributed by atoms with E-state index in [4.69, 9.17) is 18.8 Å². The van der Waals surface area contributed by atoms with Gasteiger partial charge in [0, 0.05) is 31.7 Å². The monoisotopic (exact) mass is 535 g/mol. The Labute approximate surface area is 231 Å². The highest BCUT2D eigenvalue weighted by atomic mass is 16.3. The Kier molecular flexibility index (Phi) is 6.77. The van der Waals surface area contributed by atoms with Gasteiger partial charge in [-0.15, -0.1) is 0 Å². The van der Waals surface area contributed by atoms with E-state index in [1.807, 2.05) is 50.2 Å². The van der Waals surface area contributed by atoms with Crippen LogP contribution >= 0.6 is 0 Å². The standard InChI is InChI=1S/C31H29N5O4/c1-3-35(4-2)30(37)25-17-20-9-5-6-10-21(20)19-36(25)31(38)32-22-13-14-23-24(18-22)34-29(27-12-8-16-40-27)28(33-23)26-11-7-15-39-26/h5-16,18,25H,3-4,17,19H2,1-2H3,(H,32,38)/t25-/m0/s1. The largest absolute Gasteiger partial charge is 0.463 e. The summed E-state index contributed by atoms with van der Waals surface area (Å²) < 4.78 is 11.2. The first-order valence-electron chi connectivity index (χ1n) is 13.4. The molecule has 1 aliphatic rings. The van der Waals surface area contributed by atoms with Crippen LogP contribution < -0.4 is 5.32 Å². The van der Waals surface area contributed by atoms with Gasteiger partial charge in [0.2, 0.25) is 5.91 Å². The van der Waals surface area contributed by atoms with E-state index in [-0.39, 0.29) is 11.9 Å². The van der Waals surface area contributed by atoms with Crippen molar-refractivity contribution in [2.75, 3.05) is 18.4 Å². The van der Waals surface area contributed by atoms with Crippen molar-refractivity contribution in [2.45, 2.75) is 32.9 Å². The van der Waals surface area contributed by atoms with Crippen molar-refractivity contribution >= 4 is 28.7 Å². The molecule has 2 aromatic carbocycles. The average Bonchev–Trinajstić information content (AvgIpc) is 3.72. The highest BCUT2D eigenvalue weighted by Crippen LogP contribution is 2.32. The summed E-state index contributed by atoms with van der Waals surface area (Å²) in [5.74, 6) is 1.08. The normalized spacial score (nSPS) is 14.7. The number of amides is 3. The van der Waals surface area contributed by atoms with Crippen LogP contribution in [0.3, 0.4) is 0 Å². The van der Waals surface area contributed by atoms with Crippen LogP contribution in [-0.2, 0) is 17.8 Å². The lowest BCUT2D eigenvalue weighted by atomic mass is 9.93. The lowest BCUT2D eigenvalue weighted by molar-refractivity contribution is -0.136. The van der Waals surface area contributed by atoms with Crippen LogP contribution in [0.15, 0.2) is 88.1 Å². The molecule has 1 N–H and O–H groups in total. The summed E-state index contributed by atoms with van der Waals surface area (Å²) >= 11 is 0. The number of aromatic nitrogens is 2. The fourth-order valence-corrected chi connectivity index (χ4v) is 5.20. The Morgan fingerprint density at radius 3 is 2.15 bits per heavy atom. The van der Waals surface area contributed by atoms with Crippen LogP contribution in [0.25, 0.3) is 33.9 Å². The first-order chi connectivity index (χ1) is 19.6. The number of hydrogen-bond acceptors (Lipinski definition) is 6. The van der Waals surface area contributed by atoms with E-state index in [1.165, 1.54) is 0 Å². The number of fused-ring (bicyclic) bond motifs is 2. The fraction of sp³-hybridized carbons (Fsp3) is 0.226. The topological polar surface area (TPSA) is 105 Å². The molecule has 6 rings (SSSR count). The van der Waals surface area contributed by atoms with Crippen LogP contribution in [0, 0.1) is 0 Å². The number of carbonyl (C=O) groups excluding carboxylic acids is 2. The SMILES string of the molecule is CCN(CC)C(=O)[C@@H]1Cc2ccccc2CN1C(=O)Nc1ccc2nc(-c3ccco3)c(-c3ccco3)nc2c1. The van der Waals surface area contributed by atoms with Crippen molar-refractivity contribution in [1.82, 2.24) is 19.8 Å². The number of benzene rings is 2. The van der Waals surface area contributed by atoms with Crippen LogP contribution in [0.1, 0.15) is 25.0 Å². The molecule has 1 aliphatic heterocycles. The third-order valence-corrected chi connectivity index (χ3v) is 7.29. The molecule has 5 aromatic rings. The molecule has 0 aliphatic carbocycles. The van der Waals surface area contributed by atoms with Gasteiger partial charge in [-0.3, -0.25) is 4.79 Å². The van der Waals surface area contributed by atoms with Gasteiger partial charge in [-0.1, -0.05) is 24.3 Å². The predicted octanol–water partition coefficient (Wildman–Crippen LogP) is 5.98. The summed E-state index contributed by atoms with van der Waals surface area (Å²) in [7, 11) is 0. The second-order valence-electron chi connectivity index (χ2n) is 9.64. The summed E-state index contributed by atoms with van der Waals surface area (Å²) in [6, 6.07) is 19.6. The van der Waals surface area contributed by atoms with Crippen LogP contribution in [0.4, 0.5) is 10.5 Å². The Balaban J connectivity index is 1.33. The van der Waals surface area contributed by atoms with Gasteiger partial charge in [-0.25, -0.2) is 14.8 Å². The third-order valence-electron chi connectivity index (χ3n) is 7.29. The molecule has 0 fully saturated rings. The molecular weight excluding hydrogens is 506 g/mol. The van der Waals surface area contributed by atoms with Crippen LogP contribution in [0.5, 0.6) is 0 Å². The molecule has 0 spiro atoms. The fourth-order valence-electron chi connectivity index (χ4n) is 5.20. The minimum Gasteiger partial charge on any atom is -0.463 e. The van der Waals surface area contributed by atoms with Gasteiger partial charge in [0.25, 0.3) is 0 Å². The summed E-state index contributed by atoms with van der Waals surface area (Å²) in [5.41, 5.74) is 5.01. The zero-order chi connectivity index (χ0) is 27.6. The number of hydrogen-bond donors (Lipinski definition) is 1. The van der Waals surface area contributed by atoms with Crippen molar-refractivity contribution < 1.29 is 18.4 Å². The third kappa shape index (κ3) is 4.70. The van der Waals surface area contributed by atoms with E-state index < -0.39 is 6.04 Å². The minimum atomic E-state index is -0.587. The first kappa shape index (κ1) is 25.4. The zero-order valence-electron chi connectivity index (χ0n) is 22.3. The van der Waals surface area contributed by atoms with Gasteiger partial charge in [-0.05, 0) is 67.4 Å². The van der Waals surface area contributed by atoms with Crippen LogP contribution in [-0.4, -0.2) is 50.8 Å². The number of likely N-dealkylation sites (N-methyl/N-ethyl adjacent to an activating group) is 1. The maximum atomic E-state index is 13.7. The smallest absolute Gasteiger partial charge is 0.322 e. The maximum absolute atomic E-state index is 13.7. The van der Waals surface area contributed by atoms with E-state index >= 15 is 0 Å². The lowest BCUT2D eigenvalue weighted by Gasteiger charge is -2.38.